The van der Waals surface area contributed by atoms with Crippen molar-refractivity contribution in [2.24, 2.45) is 0 Å². The van der Waals surface area contributed by atoms with Gasteiger partial charge in [-0.25, -0.2) is 9.59 Å². The highest BCUT2D eigenvalue weighted by atomic mass is 16.5. The van der Waals surface area contributed by atoms with Gasteiger partial charge in [-0.3, -0.25) is 0 Å². The first-order valence-corrected chi connectivity index (χ1v) is 6.64. The highest BCUT2D eigenvalue weighted by Crippen LogP contribution is 2.16. The van der Waals surface area contributed by atoms with E-state index in [1.807, 2.05) is 24.3 Å². The van der Waals surface area contributed by atoms with Crippen molar-refractivity contribution in [2.75, 3.05) is 20.3 Å². The average Bonchev–Trinajstić information content (AvgIpc) is 2.44. The lowest BCUT2D eigenvalue weighted by Gasteiger charge is -2.20. The molecule has 0 aromatic heterocycles. The number of rotatable bonds is 5. The first-order chi connectivity index (χ1) is 10.2. The van der Waals surface area contributed by atoms with E-state index < -0.39 is 11.9 Å². The van der Waals surface area contributed by atoms with E-state index in [1.165, 1.54) is 0 Å². The molecule has 124 valence electrons. The third kappa shape index (κ3) is 10.5. The smallest absolute Gasteiger partial charge is 0.414 e. The van der Waals surface area contributed by atoms with E-state index in [0.717, 1.165) is 18.0 Å². The molecule has 0 aliphatic carbocycles. The van der Waals surface area contributed by atoms with Crippen molar-refractivity contribution in [1.82, 2.24) is 5.32 Å². The van der Waals surface area contributed by atoms with Crippen LogP contribution in [0.25, 0.3) is 0 Å². The Morgan fingerprint density at radius 1 is 1.05 bits per heavy atom. The number of hydrogen-bond acceptors (Lipinski definition) is 5. The summed E-state index contributed by atoms with van der Waals surface area (Å²) in [6.45, 7) is 7.93. The summed E-state index contributed by atoms with van der Waals surface area (Å²) in [5.41, 5.74) is 0.142. The Labute approximate surface area is 129 Å². The molecule has 0 unspecified atom stereocenters. The number of methoxy groups -OCH3 is 1. The lowest BCUT2D eigenvalue weighted by atomic mass is 10.1. The molecule has 0 bridgehead atoms. The van der Waals surface area contributed by atoms with Gasteiger partial charge in [-0.15, -0.1) is 0 Å². The number of carboxylic acids is 2. The Morgan fingerprint density at radius 2 is 1.50 bits per heavy atom. The van der Waals surface area contributed by atoms with Gasteiger partial charge in [0.05, 0.1) is 7.11 Å². The topological polar surface area (TPSA) is 105 Å². The van der Waals surface area contributed by atoms with Crippen LogP contribution in [0.4, 0.5) is 0 Å². The number of hydrogen-bond donors (Lipinski definition) is 3. The standard InChI is InChI=1S/C13H21NO2.C2H2O4/c1-13(2,3)14-9-10-16-12-7-5-11(15-4)6-8-12;3-1(4)2(5)6/h5-8,14H,9-10H2,1-4H3;(H,3,4)(H,5,6). The predicted octanol–water partition coefficient (Wildman–Crippen LogP) is 1.62. The number of aliphatic carboxylic acids is 2. The van der Waals surface area contributed by atoms with Gasteiger partial charge in [0.1, 0.15) is 18.1 Å². The van der Waals surface area contributed by atoms with Crippen LogP contribution in [0.5, 0.6) is 11.5 Å². The maximum Gasteiger partial charge on any atom is 0.414 e. The fourth-order valence-corrected chi connectivity index (χ4v) is 1.27. The summed E-state index contributed by atoms with van der Waals surface area (Å²) < 4.78 is 10.7. The van der Waals surface area contributed by atoms with Crippen molar-refractivity contribution in [3.63, 3.8) is 0 Å². The third-order valence-electron chi connectivity index (χ3n) is 2.27. The summed E-state index contributed by atoms with van der Waals surface area (Å²) in [7, 11) is 1.66. The minimum atomic E-state index is -1.82. The summed E-state index contributed by atoms with van der Waals surface area (Å²) in [5.74, 6) is -1.93. The van der Waals surface area contributed by atoms with Crippen molar-refractivity contribution in [1.29, 1.82) is 0 Å². The van der Waals surface area contributed by atoms with Gasteiger partial charge in [0.15, 0.2) is 0 Å². The van der Waals surface area contributed by atoms with E-state index >= 15 is 0 Å². The minimum absolute atomic E-state index is 0.142. The van der Waals surface area contributed by atoms with Crippen LogP contribution in [0.15, 0.2) is 24.3 Å². The zero-order chi connectivity index (χ0) is 17.2. The average molecular weight is 313 g/mol. The molecule has 0 atom stereocenters. The van der Waals surface area contributed by atoms with Gasteiger partial charge in [-0.05, 0) is 45.0 Å². The van der Waals surface area contributed by atoms with Gasteiger partial charge in [0.25, 0.3) is 0 Å². The van der Waals surface area contributed by atoms with Crippen molar-refractivity contribution < 1.29 is 29.3 Å². The summed E-state index contributed by atoms with van der Waals surface area (Å²) in [6, 6.07) is 7.62. The molecule has 0 heterocycles. The van der Waals surface area contributed by atoms with Gasteiger partial charge in [0, 0.05) is 12.1 Å². The van der Waals surface area contributed by atoms with Crippen LogP contribution in [0.3, 0.4) is 0 Å². The summed E-state index contributed by atoms with van der Waals surface area (Å²) in [5, 5.41) is 18.1. The van der Waals surface area contributed by atoms with Crippen LogP contribution in [0.2, 0.25) is 0 Å². The van der Waals surface area contributed by atoms with E-state index in [2.05, 4.69) is 26.1 Å². The SMILES string of the molecule is COc1ccc(OCCNC(C)(C)C)cc1.O=C(O)C(=O)O. The summed E-state index contributed by atoms with van der Waals surface area (Å²) in [6.07, 6.45) is 0. The molecule has 0 aliphatic rings. The lowest BCUT2D eigenvalue weighted by Crippen LogP contribution is -2.38. The van der Waals surface area contributed by atoms with Crippen LogP contribution < -0.4 is 14.8 Å². The minimum Gasteiger partial charge on any atom is -0.497 e. The number of carboxylic acid groups (broad SMARTS) is 2. The molecule has 7 heteroatoms. The Morgan fingerprint density at radius 3 is 1.86 bits per heavy atom. The van der Waals surface area contributed by atoms with Crippen LogP contribution >= 0.6 is 0 Å². The molecule has 0 radical (unpaired) electrons. The largest absolute Gasteiger partial charge is 0.497 e. The van der Waals surface area contributed by atoms with E-state index in [0.29, 0.717) is 6.61 Å². The number of benzene rings is 1. The Balaban J connectivity index is 0.000000626. The van der Waals surface area contributed by atoms with Gasteiger partial charge in [-0.2, -0.15) is 0 Å². The molecule has 0 spiro atoms. The molecular weight excluding hydrogens is 290 g/mol. The van der Waals surface area contributed by atoms with Crippen LogP contribution in [0, 0.1) is 0 Å². The zero-order valence-corrected chi connectivity index (χ0v) is 13.3. The molecule has 1 rings (SSSR count). The molecule has 3 N–H and O–H groups in total. The normalized spacial score (nSPS) is 10.2. The molecular formula is C15H23NO6. The van der Waals surface area contributed by atoms with E-state index in [1.54, 1.807) is 7.11 Å². The molecule has 0 fully saturated rings. The first-order valence-electron chi connectivity index (χ1n) is 6.64. The molecule has 7 nitrogen and oxygen atoms in total. The highest BCUT2D eigenvalue weighted by molar-refractivity contribution is 6.27. The quantitative estimate of drug-likeness (QED) is 0.560. The van der Waals surface area contributed by atoms with Crippen molar-refractivity contribution >= 4 is 11.9 Å². The van der Waals surface area contributed by atoms with Crippen LogP contribution in [-0.4, -0.2) is 48.0 Å². The van der Waals surface area contributed by atoms with Gasteiger partial charge < -0.3 is 25.0 Å². The molecule has 0 saturated heterocycles. The molecule has 0 aliphatic heterocycles. The zero-order valence-electron chi connectivity index (χ0n) is 13.3. The van der Waals surface area contributed by atoms with Crippen LogP contribution in [0.1, 0.15) is 20.8 Å². The number of nitrogens with one attached hydrogen (secondary N) is 1. The molecule has 22 heavy (non-hydrogen) atoms. The first kappa shape index (κ1) is 19.7. The fourth-order valence-electron chi connectivity index (χ4n) is 1.27. The lowest BCUT2D eigenvalue weighted by molar-refractivity contribution is -0.159. The van der Waals surface area contributed by atoms with E-state index in [9.17, 15) is 0 Å². The second kappa shape index (κ2) is 9.62. The van der Waals surface area contributed by atoms with Gasteiger partial charge in [-0.1, -0.05) is 0 Å². The maximum atomic E-state index is 9.10. The number of ether oxygens (including phenoxy) is 2. The Kier molecular flexibility index (Phi) is 8.62. The predicted molar refractivity (Wildman–Crippen MR) is 81.5 cm³/mol. The maximum absolute atomic E-state index is 9.10. The van der Waals surface area contributed by atoms with E-state index in [4.69, 9.17) is 29.3 Å². The Hall–Kier alpha value is -2.28. The summed E-state index contributed by atoms with van der Waals surface area (Å²) in [4.78, 5) is 18.2. The van der Waals surface area contributed by atoms with Crippen molar-refractivity contribution in [2.45, 2.75) is 26.3 Å². The molecule has 1 aromatic rings. The molecule has 0 amide bonds. The van der Waals surface area contributed by atoms with Gasteiger partial charge >= 0.3 is 11.9 Å². The van der Waals surface area contributed by atoms with Crippen LogP contribution in [-0.2, 0) is 9.59 Å². The molecule has 1 aromatic carbocycles. The Bertz CT molecular complexity index is 452. The van der Waals surface area contributed by atoms with Crippen molar-refractivity contribution in [3.8, 4) is 11.5 Å². The second-order valence-electron chi connectivity index (χ2n) is 5.31. The second-order valence-corrected chi connectivity index (χ2v) is 5.31. The van der Waals surface area contributed by atoms with Crippen molar-refractivity contribution in [3.05, 3.63) is 24.3 Å². The fraction of sp³-hybridized carbons (Fsp3) is 0.467. The van der Waals surface area contributed by atoms with E-state index in [-0.39, 0.29) is 5.54 Å². The highest BCUT2D eigenvalue weighted by Gasteiger charge is 2.07. The third-order valence-corrected chi connectivity index (χ3v) is 2.27. The number of carbonyl (C=O) groups is 2. The monoisotopic (exact) mass is 313 g/mol. The van der Waals surface area contributed by atoms with Gasteiger partial charge in [0.2, 0.25) is 0 Å². The molecule has 0 saturated carbocycles. The summed E-state index contributed by atoms with van der Waals surface area (Å²) >= 11 is 0.